The van der Waals surface area contributed by atoms with Crippen LogP contribution in [0.2, 0.25) is 0 Å². The van der Waals surface area contributed by atoms with Crippen molar-refractivity contribution in [3.8, 4) is 0 Å². The van der Waals surface area contributed by atoms with Crippen LogP contribution >= 0.6 is 0 Å². The van der Waals surface area contributed by atoms with Crippen LogP contribution in [0, 0.1) is 5.92 Å². The molecule has 19 heavy (non-hydrogen) atoms. The first-order chi connectivity index (χ1) is 9.01. The van der Waals surface area contributed by atoms with E-state index in [0.717, 1.165) is 18.4 Å². The molecule has 1 fully saturated rings. The minimum absolute atomic E-state index is 0.177. The molecule has 1 saturated carbocycles. The first-order valence-electron chi connectivity index (χ1n) is 6.48. The minimum atomic E-state index is -3.17. The molecule has 0 spiro atoms. The molecule has 1 aromatic carbocycles. The number of hydrogen-bond acceptors (Lipinski definition) is 4. The molecule has 0 aliphatic heterocycles. The second-order valence-corrected chi connectivity index (χ2v) is 6.88. The van der Waals surface area contributed by atoms with E-state index in [9.17, 15) is 13.2 Å². The summed E-state index contributed by atoms with van der Waals surface area (Å²) >= 11 is 0. The molecule has 5 heteroatoms. The van der Waals surface area contributed by atoms with Crippen molar-refractivity contribution in [2.75, 3.05) is 12.4 Å². The van der Waals surface area contributed by atoms with Gasteiger partial charge in [-0.3, -0.25) is 4.79 Å². The Morgan fingerprint density at radius 2 is 1.89 bits per heavy atom. The van der Waals surface area contributed by atoms with Crippen LogP contribution in [0.1, 0.15) is 25.3 Å². The van der Waals surface area contributed by atoms with E-state index in [0.29, 0.717) is 17.4 Å². The van der Waals surface area contributed by atoms with Crippen molar-refractivity contribution in [1.82, 2.24) is 0 Å². The molecule has 0 unspecified atom stereocenters. The first kappa shape index (κ1) is 14.1. The summed E-state index contributed by atoms with van der Waals surface area (Å²) in [6.45, 7) is 2.11. The van der Waals surface area contributed by atoms with Crippen LogP contribution in [0.25, 0.3) is 0 Å². The average Bonchev–Trinajstić information content (AvgIpc) is 3.13. The Morgan fingerprint density at radius 1 is 1.26 bits per heavy atom. The molecular formula is C14H18O4S. The fourth-order valence-corrected chi connectivity index (χ4v) is 3.58. The normalized spacial score (nSPS) is 15.2. The summed E-state index contributed by atoms with van der Waals surface area (Å²) in [6, 6.07) is 6.51. The maximum atomic E-state index is 12.0. The van der Waals surface area contributed by atoms with Crippen molar-refractivity contribution >= 4 is 15.8 Å². The van der Waals surface area contributed by atoms with Gasteiger partial charge in [-0.15, -0.1) is 0 Å². The van der Waals surface area contributed by atoms with E-state index in [2.05, 4.69) is 0 Å². The number of sulfone groups is 1. The lowest BCUT2D eigenvalue weighted by atomic mass is 10.1. The average molecular weight is 282 g/mol. The van der Waals surface area contributed by atoms with Crippen molar-refractivity contribution < 1.29 is 17.9 Å². The lowest BCUT2D eigenvalue weighted by Crippen LogP contribution is -2.10. The number of ether oxygens (including phenoxy) is 1. The highest BCUT2D eigenvalue weighted by Gasteiger charge is 2.28. The zero-order chi connectivity index (χ0) is 13.9. The van der Waals surface area contributed by atoms with Crippen LogP contribution in [0.15, 0.2) is 29.2 Å². The van der Waals surface area contributed by atoms with Gasteiger partial charge in [-0.25, -0.2) is 8.42 Å². The smallest absolute Gasteiger partial charge is 0.310 e. The van der Waals surface area contributed by atoms with Gasteiger partial charge in [0.05, 0.1) is 23.7 Å². The van der Waals surface area contributed by atoms with Crippen molar-refractivity contribution in [3.05, 3.63) is 29.8 Å². The molecule has 4 nitrogen and oxygen atoms in total. The molecule has 0 N–H and O–H groups in total. The van der Waals surface area contributed by atoms with Gasteiger partial charge in [0.25, 0.3) is 0 Å². The zero-order valence-electron chi connectivity index (χ0n) is 11.0. The van der Waals surface area contributed by atoms with Crippen molar-refractivity contribution in [3.63, 3.8) is 0 Å². The number of carbonyl (C=O) groups is 1. The Morgan fingerprint density at radius 3 is 2.42 bits per heavy atom. The van der Waals surface area contributed by atoms with E-state index in [4.69, 9.17) is 4.74 Å². The predicted octanol–water partition coefficient (Wildman–Crippen LogP) is 1.98. The Balaban J connectivity index is 2.03. The molecule has 2 rings (SSSR count). The highest BCUT2D eigenvalue weighted by molar-refractivity contribution is 7.91. The van der Waals surface area contributed by atoms with Crippen LogP contribution in [0.4, 0.5) is 0 Å². The molecule has 0 atom stereocenters. The molecule has 0 saturated heterocycles. The van der Waals surface area contributed by atoms with E-state index < -0.39 is 9.84 Å². The molecule has 104 valence electrons. The van der Waals surface area contributed by atoms with Gasteiger partial charge in [0.1, 0.15) is 0 Å². The minimum Gasteiger partial charge on any atom is -0.466 e. The molecule has 1 aliphatic carbocycles. The monoisotopic (exact) mass is 282 g/mol. The third kappa shape index (κ3) is 4.06. The third-order valence-electron chi connectivity index (χ3n) is 3.09. The quantitative estimate of drug-likeness (QED) is 0.748. The van der Waals surface area contributed by atoms with Gasteiger partial charge in [-0.1, -0.05) is 12.1 Å². The van der Waals surface area contributed by atoms with Crippen molar-refractivity contribution in [1.29, 1.82) is 0 Å². The maximum Gasteiger partial charge on any atom is 0.310 e. The lowest BCUT2D eigenvalue weighted by molar-refractivity contribution is -0.142. The van der Waals surface area contributed by atoms with E-state index >= 15 is 0 Å². The number of esters is 1. The second kappa shape index (κ2) is 5.74. The van der Waals surface area contributed by atoms with Gasteiger partial charge in [-0.05, 0) is 43.4 Å². The third-order valence-corrected chi connectivity index (χ3v) is 4.99. The van der Waals surface area contributed by atoms with Crippen LogP contribution in [0.3, 0.4) is 0 Å². The predicted molar refractivity (Wildman–Crippen MR) is 71.6 cm³/mol. The van der Waals surface area contributed by atoms with E-state index in [1.807, 2.05) is 0 Å². The van der Waals surface area contributed by atoms with Crippen LogP contribution < -0.4 is 0 Å². The molecule has 1 aromatic rings. The Kier molecular flexibility index (Phi) is 4.24. The van der Waals surface area contributed by atoms with Crippen molar-refractivity contribution in [2.24, 2.45) is 5.92 Å². The summed E-state index contributed by atoms with van der Waals surface area (Å²) in [7, 11) is -3.17. The molecule has 0 bridgehead atoms. The van der Waals surface area contributed by atoms with Gasteiger partial charge in [0.15, 0.2) is 9.84 Å². The SMILES string of the molecule is CCOC(=O)Cc1ccc(S(=O)(=O)CC2CC2)cc1. The number of hydrogen-bond donors (Lipinski definition) is 0. The summed E-state index contributed by atoms with van der Waals surface area (Å²) in [6.07, 6.45) is 2.21. The van der Waals surface area contributed by atoms with Gasteiger partial charge in [0.2, 0.25) is 0 Å². The van der Waals surface area contributed by atoms with Gasteiger partial charge < -0.3 is 4.74 Å². The Labute approximate surface area is 113 Å². The summed E-state index contributed by atoms with van der Waals surface area (Å²) in [5.74, 6) is 0.282. The molecule has 0 heterocycles. The Hall–Kier alpha value is -1.36. The van der Waals surface area contributed by atoms with Crippen LogP contribution in [-0.2, 0) is 25.8 Å². The molecule has 0 radical (unpaired) electrons. The fourth-order valence-electron chi connectivity index (χ4n) is 1.88. The van der Waals surface area contributed by atoms with Gasteiger partial charge >= 0.3 is 5.97 Å². The number of rotatable bonds is 6. The first-order valence-corrected chi connectivity index (χ1v) is 8.14. The molecule has 0 amide bonds. The highest BCUT2D eigenvalue weighted by atomic mass is 32.2. The van der Waals surface area contributed by atoms with E-state index in [-0.39, 0.29) is 18.1 Å². The number of benzene rings is 1. The van der Waals surface area contributed by atoms with E-state index in [1.165, 1.54) is 0 Å². The topological polar surface area (TPSA) is 60.4 Å². The van der Waals surface area contributed by atoms with Crippen LogP contribution in [-0.4, -0.2) is 26.7 Å². The second-order valence-electron chi connectivity index (χ2n) is 4.85. The summed E-state index contributed by atoms with van der Waals surface area (Å²) < 4.78 is 28.9. The summed E-state index contributed by atoms with van der Waals surface area (Å²) in [4.78, 5) is 11.6. The van der Waals surface area contributed by atoms with E-state index in [1.54, 1.807) is 31.2 Å². The Bertz CT molecular complexity index is 541. The number of carbonyl (C=O) groups excluding carboxylic acids is 1. The van der Waals surface area contributed by atoms with Gasteiger partial charge in [-0.2, -0.15) is 0 Å². The summed E-state index contributed by atoms with van der Waals surface area (Å²) in [5.41, 5.74) is 0.767. The molecule has 1 aliphatic rings. The van der Waals surface area contributed by atoms with Crippen molar-refractivity contribution in [2.45, 2.75) is 31.1 Å². The standard InChI is InChI=1S/C14H18O4S/c1-2-18-14(15)9-11-5-7-13(8-6-11)19(16,17)10-12-3-4-12/h5-8,12H,2-4,9-10H2,1H3. The molecular weight excluding hydrogens is 264 g/mol. The highest BCUT2D eigenvalue weighted by Crippen LogP contribution is 2.32. The lowest BCUT2D eigenvalue weighted by Gasteiger charge is -2.05. The summed E-state index contributed by atoms with van der Waals surface area (Å²) in [5, 5.41) is 0. The maximum absolute atomic E-state index is 12.0. The van der Waals surface area contributed by atoms with Gasteiger partial charge in [0, 0.05) is 0 Å². The zero-order valence-corrected chi connectivity index (χ0v) is 11.8. The largest absolute Gasteiger partial charge is 0.466 e. The van der Waals surface area contributed by atoms with Crippen LogP contribution in [0.5, 0.6) is 0 Å². The fraction of sp³-hybridized carbons (Fsp3) is 0.500. The molecule has 0 aromatic heterocycles.